The number of hydrogen-bond donors (Lipinski definition) is 2. The van der Waals surface area contributed by atoms with Gasteiger partial charge in [-0.3, -0.25) is 14.9 Å². The lowest BCUT2D eigenvalue weighted by atomic mass is 10.0. The van der Waals surface area contributed by atoms with Crippen LogP contribution in [0.2, 0.25) is 0 Å². The summed E-state index contributed by atoms with van der Waals surface area (Å²) in [5.41, 5.74) is 0.473. The zero-order chi connectivity index (χ0) is 21.2. The summed E-state index contributed by atoms with van der Waals surface area (Å²) in [7, 11) is 0. The summed E-state index contributed by atoms with van der Waals surface area (Å²) in [5, 5.41) is 15.2. The number of ether oxygens (including phenoxy) is 1. The second kappa shape index (κ2) is 11.5. The number of aryl methyl sites for hydroxylation is 1. The second-order valence-corrected chi connectivity index (χ2v) is 8.16. The van der Waals surface area contributed by atoms with Gasteiger partial charge in [0.25, 0.3) is 5.91 Å². The van der Waals surface area contributed by atoms with E-state index in [4.69, 9.17) is 4.74 Å². The number of hydrogen-bond acceptors (Lipinski definition) is 6. The lowest BCUT2D eigenvalue weighted by molar-refractivity contribution is -0.118. The van der Waals surface area contributed by atoms with Gasteiger partial charge in [-0.15, -0.1) is 10.2 Å². The fourth-order valence-corrected chi connectivity index (χ4v) is 3.53. The predicted octanol–water partition coefficient (Wildman–Crippen LogP) is 4.06. The fourth-order valence-electron chi connectivity index (χ4n) is 2.74. The van der Waals surface area contributed by atoms with Crippen molar-refractivity contribution in [1.29, 1.82) is 0 Å². The maximum absolute atomic E-state index is 12.7. The molecule has 0 radical (unpaired) electrons. The number of carbonyl (C=O) groups is 2. The molecular weight excluding hydrogens is 388 g/mol. The zero-order valence-electron chi connectivity index (χ0n) is 17.5. The highest BCUT2D eigenvalue weighted by Gasteiger charge is 2.25. The normalized spacial score (nSPS) is 11.9. The number of aromatic nitrogens is 2. The molecule has 7 nitrogen and oxygen atoms in total. The third-order valence-electron chi connectivity index (χ3n) is 4.35. The van der Waals surface area contributed by atoms with E-state index in [0.29, 0.717) is 23.1 Å². The van der Waals surface area contributed by atoms with Crippen LogP contribution < -0.4 is 15.4 Å². The molecule has 8 heteroatoms. The van der Waals surface area contributed by atoms with Crippen molar-refractivity contribution in [2.75, 3.05) is 11.9 Å². The molecule has 1 atom stereocenters. The summed E-state index contributed by atoms with van der Waals surface area (Å²) in [6, 6.07) is 6.17. The Bertz CT molecular complexity index is 789. The first-order valence-corrected chi connectivity index (χ1v) is 10.9. The van der Waals surface area contributed by atoms with Crippen molar-refractivity contribution in [3.05, 3.63) is 34.8 Å². The molecule has 2 amide bonds. The Balaban J connectivity index is 1.97. The van der Waals surface area contributed by atoms with Gasteiger partial charge in [-0.05, 0) is 43.5 Å². The number of amides is 2. The summed E-state index contributed by atoms with van der Waals surface area (Å²) >= 11 is 1.38. The highest BCUT2D eigenvalue weighted by molar-refractivity contribution is 7.15. The van der Waals surface area contributed by atoms with E-state index in [1.165, 1.54) is 11.3 Å². The largest absolute Gasteiger partial charge is 0.494 e. The molecule has 0 fully saturated rings. The first-order valence-electron chi connectivity index (χ1n) is 10.1. The Hall–Kier alpha value is -2.48. The van der Waals surface area contributed by atoms with Crippen LogP contribution in [0.25, 0.3) is 0 Å². The number of carbonyl (C=O) groups excluding carboxylic acids is 2. The number of nitrogens with zero attached hydrogens (tertiary/aromatic N) is 2. The van der Waals surface area contributed by atoms with Crippen LogP contribution in [0.15, 0.2) is 24.3 Å². The van der Waals surface area contributed by atoms with E-state index in [1.54, 1.807) is 24.3 Å². The number of anilines is 1. The number of unbranched alkanes of at least 4 members (excludes halogenated alkanes) is 2. The first-order chi connectivity index (χ1) is 13.9. The van der Waals surface area contributed by atoms with Crippen molar-refractivity contribution in [3.63, 3.8) is 0 Å². The lowest BCUT2D eigenvalue weighted by Crippen LogP contribution is -2.47. The Kier molecular flexibility index (Phi) is 9.05. The quantitative estimate of drug-likeness (QED) is 0.537. The highest BCUT2D eigenvalue weighted by atomic mass is 32.1. The minimum absolute atomic E-state index is 0.0846. The molecule has 0 aliphatic heterocycles. The Morgan fingerprint density at radius 1 is 1.10 bits per heavy atom. The maximum Gasteiger partial charge on any atom is 0.251 e. The molecule has 1 unspecified atom stereocenters. The van der Waals surface area contributed by atoms with Crippen molar-refractivity contribution in [2.45, 2.75) is 59.4 Å². The Labute approximate surface area is 176 Å². The van der Waals surface area contributed by atoms with E-state index in [0.717, 1.165) is 30.7 Å². The fraction of sp³-hybridized carbons (Fsp3) is 0.524. The van der Waals surface area contributed by atoms with Gasteiger partial charge in [0.1, 0.15) is 16.8 Å². The molecule has 2 rings (SSSR count). The second-order valence-electron chi connectivity index (χ2n) is 7.10. The van der Waals surface area contributed by atoms with Gasteiger partial charge in [0.05, 0.1) is 6.61 Å². The standard InChI is InChI=1S/C21H30N4O3S/c1-5-7-8-9-17-24-25-21(29-17)23-20(27)18(14(3)4)22-19(26)15-10-12-16(13-11-15)28-6-2/h10-14,18H,5-9H2,1-4H3,(H,22,26)(H,23,25,27). The average molecular weight is 419 g/mol. The molecule has 1 heterocycles. The van der Waals surface area contributed by atoms with Crippen molar-refractivity contribution in [3.8, 4) is 5.75 Å². The summed E-state index contributed by atoms with van der Waals surface area (Å²) in [6.07, 6.45) is 4.22. The van der Waals surface area contributed by atoms with Crippen LogP contribution in [0.1, 0.15) is 62.3 Å². The maximum atomic E-state index is 12.7. The van der Waals surface area contributed by atoms with Gasteiger partial charge < -0.3 is 10.1 Å². The topological polar surface area (TPSA) is 93.2 Å². The number of benzene rings is 1. The molecule has 0 aliphatic rings. The molecule has 158 valence electrons. The summed E-state index contributed by atoms with van der Waals surface area (Å²) in [6.45, 7) is 8.39. The minimum atomic E-state index is -0.679. The Morgan fingerprint density at radius 3 is 2.45 bits per heavy atom. The van der Waals surface area contributed by atoms with Crippen LogP contribution in [0.3, 0.4) is 0 Å². The molecular formula is C21H30N4O3S. The van der Waals surface area contributed by atoms with Gasteiger partial charge in [-0.25, -0.2) is 0 Å². The van der Waals surface area contributed by atoms with Crippen LogP contribution in [0, 0.1) is 5.92 Å². The molecule has 2 aromatic rings. The summed E-state index contributed by atoms with van der Waals surface area (Å²) in [4.78, 5) is 25.3. The zero-order valence-corrected chi connectivity index (χ0v) is 18.3. The van der Waals surface area contributed by atoms with Crippen LogP contribution >= 0.6 is 11.3 Å². The molecule has 0 saturated carbocycles. The predicted molar refractivity (Wildman–Crippen MR) is 115 cm³/mol. The van der Waals surface area contributed by atoms with Crippen LogP contribution in [-0.4, -0.2) is 34.7 Å². The van der Waals surface area contributed by atoms with E-state index in [2.05, 4.69) is 27.8 Å². The number of nitrogens with one attached hydrogen (secondary N) is 2. The monoisotopic (exact) mass is 418 g/mol. The summed E-state index contributed by atoms with van der Waals surface area (Å²) < 4.78 is 5.39. The third-order valence-corrected chi connectivity index (χ3v) is 5.25. The van der Waals surface area contributed by atoms with Crippen molar-refractivity contribution >= 4 is 28.3 Å². The number of rotatable bonds is 11. The van der Waals surface area contributed by atoms with Gasteiger partial charge in [-0.2, -0.15) is 0 Å². The molecule has 2 N–H and O–H groups in total. The van der Waals surface area contributed by atoms with E-state index in [9.17, 15) is 9.59 Å². The van der Waals surface area contributed by atoms with Crippen molar-refractivity contribution in [2.24, 2.45) is 5.92 Å². The third kappa shape index (κ3) is 7.12. The first kappa shape index (κ1) is 22.8. The van der Waals surface area contributed by atoms with Crippen molar-refractivity contribution in [1.82, 2.24) is 15.5 Å². The molecule has 0 spiro atoms. The van der Waals surface area contributed by atoms with Crippen molar-refractivity contribution < 1.29 is 14.3 Å². The molecule has 0 aliphatic carbocycles. The van der Waals surface area contributed by atoms with E-state index < -0.39 is 6.04 Å². The molecule has 1 aromatic heterocycles. The van der Waals surface area contributed by atoms with Crippen LogP contribution in [-0.2, 0) is 11.2 Å². The van der Waals surface area contributed by atoms with Crippen LogP contribution in [0.5, 0.6) is 5.75 Å². The van der Waals surface area contributed by atoms with Gasteiger partial charge in [0.2, 0.25) is 11.0 Å². The van der Waals surface area contributed by atoms with E-state index in [-0.39, 0.29) is 17.7 Å². The average Bonchev–Trinajstić information content (AvgIpc) is 3.13. The van der Waals surface area contributed by atoms with Gasteiger partial charge in [0.15, 0.2) is 0 Å². The van der Waals surface area contributed by atoms with E-state index >= 15 is 0 Å². The highest BCUT2D eigenvalue weighted by Crippen LogP contribution is 2.19. The SMILES string of the molecule is CCCCCc1nnc(NC(=O)C(NC(=O)c2ccc(OCC)cc2)C(C)C)s1. The van der Waals surface area contributed by atoms with E-state index in [1.807, 2.05) is 20.8 Å². The minimum Gasteiger partial charge on any atom is -0.494 e. The van der Waals surface area contributed by atoms with Gasteiger partial charge >= 0.3 is 0 Å². The Morgan fingerprint density at radius 2 is 1.83 bits per heavy atom. The molecule has 0 saturated heterocycles. The van der Waals surface area contributed by atoms with Crippen LogP contribution in [0.4, 0.5) is 5.13 Å². The molecule has 0 bridgehead atoms. The molecule has 1 aromatic carbocycles. The lowest BCUT2D eigenvalue weighted by Gasteiger charge is -2.21. The van der Waals surface area contributed by atoms with Gasteiger partial charge in [-0.1, -0.05) is 44.9 Å². The smallest absolute Gasteiger partial charge is 0.251 e. The molecule has 29 heavy (non-hydrogen) atoms. The van der Waals surface area contributed by atoms with Gasteiger partial charge in [0, 0.05) is 12.0 Å². The summed E-state index contributed by atoms with van der Waals surface area (Å²) in [5.74, 6) is 0.0155.